The van der Waals surface area contributed by atoms with Crippen molar-refractivity contribution in [2.75, 3.05) is 12.3 Å². The Bertz CT molecular complexity index is 535. The van der Waals surface area contributed by atoms with Crippen molar-refractivity contribution in [3.05, 3.63) is 21.7 Å². The third kappa shape index (κ3) is 2.85. The Morgan fingerprint density at radius 2 is 2.06 bits per heavy atom. The molecule has 8 heteroatoms. The van der Waals surface area contributed by atoms with Crippen LogP contribution in [0.2, 0.25) is 10.0 Å². The number of halogens is 2. The molecular weight excluding hydrogens is 275 g/mol. The highest BCUT2D eigenvalue weighted by atomic mass is 35.5. The molecule has 0 aromatic heterocycles. The van der Waals surface area contributed by atoms with Crippen LogP contribution in [0, 0.1) is 0 Å². The van der Waals surface area contributed by atoms with Crippen LogP contribution in [0.15, 0.2) is 10.4 Å². The number of hydrogen-bond donors (Lipinski definition) is 2. The quantitative estimate of drug-likeness (QED) is 0.827. The fourth-order valence-electron chi connectivity index (χ4n) is 1.18. The van der Waals surface area contributed by atoms with Crippen molar-refractivity contribution in [3.63, 3.8) is 0 Å². The standard InChI is InChI=1S/C8H8Cl2N2O3S/c9-5-3-6(12-16(14)15)7(10)8(11)4(5)1-2-13/h3,13H,1-2,11H2. The van der Waals surface area contributed by atoms with Crippen LogP contribution in [0.3, 0.4) is 0 Å². The van der Waals surface area contributed by atoms with Gasteiger partial charge in [0.05, 0.1) is 10.7 Å². The van der Waals surface area contributed by atoms with Crippen LogP contribution in [-0.4, -0.2) is 20.1 Å². The molecule has 0 atom stereocenters. The summed E-state index contributed by atoms with van der Waals surface area (Å²) in [5.74, 6) is 0. The van der Waals surface area contributed by atoms with E-state index in [0.29, 0.717) is 5.56 Å². The van der Waals surface area contributed by atoms with E-state index >= 15 is 0 Å². The maximum atomic E-state index is 10.4. The second kappa shape index (κ2) is 5.49. The molecule has 1 aromatic rings. The third-order valence-corrected chi connectivity index (χ3v) is 2.95. The van der Waals surface area contributed by atoms with Gasteiger partial charge in [-0.3, -0.25) is 0 Å². The Morgan fingerprint density at radius 3 is 2.56 bits per heavy atom. The van der Waals surface area contributed by atoms with Gasteiger partial charge in [-0.25, -0.2) is 0 Å². The average Bonchev–Trinajstić information content (AvgIpc) is 2.20. The number of anilines is 1. The molecule has 0 fully saturated rings. The molecule has 0 unspecified atom stereocenters. The number of aliphatic hydroxyl groups is 1. The van der Waals surface area contributed by atoms with E-state index in [9.17, 15) is 8.42 Å². The van der Waals surface area contributed by atoms with Crippen LogP contribution in [0.25, 0.3) is 0 Å². The summed E-state index contributed by atoms with van der Waals surface area (Å²) in [6, 6.07) is 1.29. The van der Waals surface area contributed by atoms with Gasteiger partial charge < -0.3 is 10.8 Å². The minimum Gasteiger partial charge on any atom is -0.397 e. The van der Waals surface area contributed by atoms with Crippen molar-refractivity contribution in [2.24, 2.45) is 4.36 Å². The highest BCUT2D eigenvalue weighted by molar-refractivity contribution is 7.61. The number of hydrogen-bond acceptors (Lipinski definition) is 5. The van der Waals surface area contributed by atoms with Crippen molar-refractivity contribution < 1.29 is 13.5 Å². The minimum absolute atomic E-state index is 0.0112. The van der Waals surface area contributed by atoms with E-state index in [1.165, 1.54) is 6.07 Å². The molecule has 0 spiro atoms. The molecule has 0 bridgehead atoms. The lowest BCUT2D eigenvalue weighted by Crippen LogP contribution is -1.99. The Morgan fingerprint density at radius 1 is 1.44 bits per heavy atom. The number of benzene rings is 1. The van der Waals surface area contributed by atoms with Gasteiger partial charge in [-0.1, -0.05) is 23.2 Å². The normalized spacial score (nSPS) is 10.2. The number of nitrogen functional groups attached to an aromatic ring is 1. The molecular formula is C8H8Cl2N2O3S. The molecule has 0 radical (unpaired) electrons. The molecule has 0 saturated carbocycles. The van der Waals surface area contributed by atoms with Crippen molar-refractivity contribution in [1.29, 1.82) is 0 Å². The Hall–Kier alpha value is -0.820. The van der Waals surface area contributed by atoms with E-state index in [4.69, 9.17) is 34.0 Å². The summed E-state index contributed by atoms with van der Waals surface area (Å²) < 4.78 is 24.0. The topological polar surface area (TPSA) is 92.8 Å². The first kappa shape index (κ1) is 13.2. The largest absolute Gasteiger partial charge is 0.397 e. The number of nitrogens with two attached hydrogens (primary N) is 1. The summed E-state index contributed by atoms with van der Waals surface area (Å²) in [6.45, 7) is -0.135. The fraction of sp³-hybridized carbons (Fsp3) is 0.250. The highest BCUT2D eigenvalue weighted by Gasteiger charge is 2.13. The van der Waals surface area contributed by atoms with Gasteiger partial charge in [-0.05, 0) is 18.1 Å². The van der Waals surface area contributed by atoms with Gasteiger partial charge in [0.15, 0.2) is 0 Å². The maximum Gasteiger partial charge on any atom is 0.316 e. The lowest BCUT2D eigenvalue weighted by atomic mass is 10.1. The summed E-state index contributed by atoms with van der Waals surface area (Å²) in [7, 11) is -2.63. The summed E-state index contributed by atoms with van der Waals surface area (Å²) >= 11 is 11.7. The summed E-state index contributed by atoms with van der Waals surface area (Å²) in [5.41, 5.74) is 6.25. The predicted molar refractivity (Wildman–Crippen MR) is 62.7 cm³/mol. The van der Waals surface area contributed by atoms with Gasteiger partial charge in [0, 0.05) is 11.6 Å². The van der Waals surface area contributed by atoms with Crippen LogP contribution < -0.4 is 5.73 Å². The predicted octanol–water partition coefficient (Wildman–Crippen LogP) is 1.80. The van der Waals surface area contributed by atoms with Crippen molar-refractivity contribution >= 4 is 45.1 Å². The highest BCUT2D eigenvalue weighted by Crippen LogP contribution is 2.38. The Labute approximate surface area is 103 Å². The summed E-state index contributed by atoms with van der Waals surface area (Å²) in [4.78, 5) is 0. The van der Waals surface area contributed by atoms with E-state index in [-0.39, 0.29) is 34.4 Å². The van der Waals surface area contributed by atoms with E-state index in [1.54, 1.807) is 0 Å². The molecule has 1 rings (SSSR count). The lowest BCUT2D eigenvalue weighted by Gasteiger charge is -2.09. The molecule has 88 valence electrons. The fourth-order valence-corrected chi connectivity index (χ4v) is 2.05. The number of rotatable bonds is 3. The first-order valence-electron chi connectivity index (χ1n) is 4.15. The molecule has 0 saturated heterocycles. The number of aliphatic hydroxyl groups excluding tert-OH is 1. The van der Waals surface area contributed by atoms with Gasteiger partial charge in [-0.2, -0.15) is 8.42 Å². The van der Waals surface area contributed by atoms with Gasteiger partial charge in [0.2, 0.25) is 0 Å². The van der Waals surface area contributed by atoms with Crippen molar-refractivity contribution in [2.45, 2.75) is 6.42 Å². The van der Waals surface area contributed by atoms with Gasteiger partial charge >= 0.3 is 10.5 Å². The van der Waals surface area contributed by atoms with E-state index < -0.39 is 10.5 Å². The van der Waals surface area contributed by atoms with Crippen LogP contribution in [0.1, 0.15) is 5.56 Å². The first-order valence-corrected chi connectivity index (χ1v) is 5.94. The summed E-state index contributed by atoms with van der Waals surface area (Å²) in [6.07, 6.45) is 0.241. The molecule has 1 aromatic carbocycles. The molecule has 0 amide bonds. The van der Waals surface area contributed by atoms with Crippen molar-refractivity contribution in [3.8, 4) is 0 Å². The second-order valence-electron chi connectivity index (χ2n) is 2.87. The SMILES string of the molecule is Nc1c(Cl)c(N=S(=O)=O)cc(Cl)c1CCO. The van der Waals surface area contributed by atoms with Crippen LogP contribution >= 0.6 is 23.2 Å². The monoisotopic (exact) mass is 282 g/mol. The van der Waals surface area contributed by atoms with Gasteiger partial charge in [0.25, 0.3) is 0 Å². The van der Waals surface area contributed by atoms with E-state index in [2.05, 4.69) is 4.36 Å². The van der Waals surface area contributed by atoms with Crippen LogP contribution in [0.5, 0.6) is 0 Å². The molecule has 3 N–H and O–H groups in total. The molecule has 0 aliphatic heterocycles. The molecule has 0 aliphatic carbocycles. The zero-order valence-corrected chi connectivity index (χ0v) is 10.3. The molecule has 5 nitrogen and oxygen atoms in total. The smallest absolute Gasteiger partial charge is 0.316 e. The molecule has 0 aliphatic rings. The molecule has 16 heavy (non-hydrogen) atoms. The first-order chi connectivity index (χ1) is 7.47. The van der Waals surface area contributed by atoms with Gasteiger partial charge in [0.1, 0.15) is 5.69 Å². The average molecular weight is 283 g/mol. The van der Waals surface area contributed by atoms with E-state index in [1.807, 2.05) is 0 Å². The van der Waals surface area contributed by atoms with Gasteiger partial charge in [-0.15, -0.1) is 4.36 Å². The lowest BCUT2D eigenvalue weighted by molar-refractivity contribution is 0.300. The third-order valence-electron chi connectivity index (χ3n) is 1.87. The van der Waals surface area contributed by atoms with Crippen molar-refractivity contribution in [1.82, 2.24) is 0 Å². The zero-order valence-electron chi connectivity index (χ0n) is 7.94. The van der Waals surface area contributed by atoms with Crippen LogP contribution in [0.4, 0.5) is 11.4 Å². The zero-order chi connectivity index (χ0) is 12.3. The molecule has 0 heterocycles. The minimum atomic E-state index is -2.63. The summed E-state index contributed by atoms with van der Waals surface area (Å²) in [5, 5.41) is 9.03. The van der Waals surface area contributed by atoms with Crippen LogP contribution in [-0.2, 0) is 16.9 Å². The Kier molecular flexibility index (Phi) is 4.55. The Balaban J connectivity index is 3.44. The van der Waals surface area contributed by atoms with E-state index in [0.717, 1.165) is 0 Å². The maximum absolute atomic E-state index is 10.4. The number of nitrogens with zero attached hydrogens (tertiary/aromatic N) is 1. The second-order valence-corrected chi connectivity index (χ2v) is 4.27.